The molecule has 1 unspecified atom stereocenters. The van der Waals surface area contributed by atoms with Gasteiger partial charge in [0.2, 0.25) is 5.95 Å². The molecule has 0 radical (unpaired) electrons. The van der Waals surface area contributed by atoms with Gasteiger partial charge in [-0.05, 0) is 18.8 Å². The Morgan fingerprint density at radius 1 is 1.34 bits per heavy atom. The van der Waals surface area contributed by atoms with E-state index in [1.165, 1.54) is 12.8 Å². The van der Waals surface area contributed by atoms with Gasteiger partial charge in [-0.3, -0.25) is 0 Å². The number of hydrogen-bond acceptors (Lipinski definition) is 7. The van der Waals surface area contributed by atoms with E-state index in [1.807, 2.05) is 0 Å². The number of rotatable bonds is 1. The van der Waals surface area contributed by atoms with Crippen LogP contribution in [0, 0.1) is 5.92 Å². The molecule has 4 rings (SSSR count). The van der Waals surface area contributed by atoms with Crippen LogP contribution < -0.4 is 10.2 Å². The van der Waals surface area contributed by atoms with E-state index in [4.69, 9.17) is 14.9 Å². The molecule has 12 heteroatoms. The van der Waals surface area contributed by atoms with Crippen molar-refractivity contribution in [2.24, 2.45) is 5.92 Å². The van der Waals surface area contributed by atoms with Gasteiger partial charge in [0.05, 0.1) is 16.7 Å². The van der Waals surface area contributed by atoms with Crippen LogP contribution in [0.15, 0.2) is 6.20 Å². The third kappa shape index (κ3) is 4.80. The Hall–Kier alpha value is -1.95. The molecule has 1 aromatic heterocycles. The number of carbonyl (C=O) groups is 1. The van der Waals surface area contributed by atoms with Crippen LogP contribution in [0.25, 0.3) is 0 Å². The highest BCUT2D eigenvalue weighted by molar-refractivity contribution is 7.91. The quantitative estimate of drug-likeness (QED) is 0.678. The Labute approximate surface area is 166 Å². The first-order valence-electron chi connectivity index (χ1n) is 9.32. The van der Waals surface area contributed by atoms with Crippen molar-refractivity contribution in [1.29, 1.82) is 0 Å². The third-order valence-electron chi connectivity index (χ3n) is 5.40. The van der Waals surface area contributed by atoms with Crippen LogP contribution in [-0.4, -0.2) is 67.1 Å². The molecule has 0 saturated carbocycles. The lowest BCUT2D eigenvalue weighted by atomic mass is 9.99. The number of sulfone groups is 1. The zero-order valence-electron chi connectivity index (χ0n) is 15.8. The van der Waals surface area contributed by atoms with Gasteiger partial charge in [-0.2, -0.15) is 13.2 Å². The Bertz CT molecular complexity index is 878. The maximum Gasteiger partial charge on any atom is 0.490 e. The highest BCUT2D eigenvalue weighted by Crippen LogP contribution is 2.36. The van der Waals surface area contributed by atoms with E-state index in [1.54, 1.807) is 6.20 Å². The highest BCUT2D eigenvalue weighted by atomic mass is 32.2. The molecule has 0 spiro atoms. The second-order valence-electron chi connectivity index (χ2n) is 7.69. The first kappa shape index (κ1) is 21.8. The number of hydrogen-bond donors (Lipinski definition) is 2. The smallest absolute Gasteiger partial charge is 0.475 e. The minimum atomic E-state index is -5.08. The zero-order chi connectivity index (χ0) is 21.4. The fourth-order valence-electron chi connectivity index (χ4n) is 3.99. The summed E-state index contributed by atoms with van der Waals surface area (Å²) in [5, 5.41) is 10.0. The number of alkyl halides is 3. The van der Waals surface area contributed by atoms with Crippen LogP contribution in [-0.2, 0) is 20.4 Å². The Morgan fingerprint density at radius 3 is 2.66 bits per heavy atom. The summed E-state index contributed by atoms with van der Waals surface area (Å²) < 4.78 is 56.4. The Morgan fingerprint density at radius 2 is 2.03 bits per heavy atom. The van der Waals surface area contributed by atoms with Crippen LogP contribution >= 0.6 is 0 Å². The van der Waals surface area contributed by atoms with E-state index < -0.39 is 22.0 Å². The molecule has 162 valence electrons. The molecule has 2 fully saturated rings. The number of carboxylic acids is 1. The van der Waals surface area contributed by atoms with Gasteiger partial charge in [0.25, 0.3) is 0 Å². The average Bonchev–Trinajstić information content (AvgIpc) is 3.12. The van der Waals surface area contributed by atoms with Crippen LogP contribution in [0.4, 0.5) is 19.1 Å². The van der Waals surface area contributed by atoms with Crippen molar-refractivity contribution >= 4 is 21.8 Å². The predicted molar refractivity (Wildman–Crippen MR) is 98.4 cm³/mol. The summed E-state index contributed by atoms with van der Waals surface area (Å²) in [6, 6.07) is 0. The largest absolute Gasteiger partial charge is 0.490 e. The summed E-state index contributed by atoms with van der Waals surface area (Å²) in [5.74, 6) is -1.25. The minimum absolute atomic E-state index is 0.0160. The number of fused-ring (bicyclic) bond motifs is 3. The number of aromatic nitrogens is 2. The maximum absolute atomic E-state index is 12.3. The number of halogens is 3. The number of anilines is 1. The third-order valence-corrected chi connectivity index (χ3v) is 7.53. The molecule has 0 bridgehead atoms. The molecule has 0 amide bonds. The van der Waals surface area contributed by atoms with Gasteiger partial charge in [-0.1, -0.05) is 6.92 Å². The SMILES string of the molecule is CC1CCCN(c2ncc3c(n2)[C@H]2CNC[C@H]2S(=O)(=O)C3)C1.O=C(O)C(F)(F)F. The fourth-order valence-corrected chi connectivity index (χ4v) is 5.96. The monoisotopic (exact) mass is 436 g/mol. The Kier molecular flexibility index (Phi) is 6.04. The molecule has 3 atom stereocenters. The van der Waals surface area contributed by atoms with Gasteiger partial charge in [0.15, 0.2) is 9.84 Å². The number of carboxylic acid groups (broad SMARTS) is 1. The normalized spacial score (nSPS) is 28.0. The van der Waals surface area contributed by atoms with Crippen LogP contribution in [0.5, 0.6) is 0 Å². The van der Waals surface area contributed by atoms with Crippen molar-refractivity contribution in [3.8, 4) is 0 Å². The van der Waals surface area contributed by atoms with Gasteiger partial charge < -0.3 is 15.3 Å². The molecular formula is C17H23F3N4O4S. The minimum Gasteiger partial charge on any atom is -0.475 e. The molecule has 3 aliphatic rings. The molecule has 0 aromatic carbocycles. The number of aliphatic carboxylic acids is 1. The van der Waals surface area contributed by atoms with Gasteiger partial charge in [0.1, 0.15) is 0 Å². The molecule has 29 heavy (non-hydrogen) atoms. The Balaban J connectivity index is 0.000000298. The van der Waals surface area contributed by atoms with Crippen molar-refractivity contribution < 1.29 is 31.5 Å². The van der Waals surface area contributed by atoms with E-state index in [2.05, 4.69) is 22.1 Å². The van der Waals surface area contributed by atoms with E-state index in [9.17, 15) is 21.6 Å². The average molecular weight is 436 g/mol. The van der Waals surface area contributed by atoms with Crippen molar-refractivity contribution in [2.75, 3.05) is 31.1 Å². The molecule has 4 heterocycles. The number of piperidine rings is 1. The lowest BCUT2D eigenvalue weighted by Crippen LogP contribution is -2.38. The summed E-state index contributed by atoms with van der Waals surface area (Å²) in [6.07, 6.45) is -0.916. The van der Waals surface area contributed by atoms with Crippen LogP contribution in [0.2, 0.25) is 0 Å². The number of nitrogens with zero attached hydrogens (tertiary/aromatic N) is 3. The lowest BCUT2D eigenvalue weighted by Gasteiger charge is -2.32. The van der Waals surface area contributed by atoms with Gasteiger partial charge in [0, 0.05) is 43.9 Å². The molecule has 1 aromatic rings. The van der Waals surface area contributed by atoms with E-state index in [0.717, 1.165) is 30.3 Å². The van der Waals surface area contributed by atoms with Crippen molar-refractivity contribution in [2.45, 2.75) is 42.9 Å². The van der Waals surface area contributed by atoms with E-state index >= 15 is 0 Å². The summed E-state index contributed by atoms with van der Waals surface area (Å²) in [5.41, 5.74) is 1.74. The van der Waals surface area contributed by atoms with Crippen molar-refractivity contribution in [3.05, 3.63) is 17.5 Å². The summed E-state index contributed by atoms with van der Waals surface area (Å²) in [7, 11) is -3.08. The van der Waals surface area contributed by atoms with Crippen molar-refractivity contribution in [1.82, 2.24) is 15.3 Å². The molecule has 3 aliphatic heterocycles. The lowest BCUT2D eigenvalue weighted by molar-refractivity contribution is -0.192. The van der Waals surface area contributed by atoms with Gasteiger partial charge >= 0.3 is 12.1 Å². The van der Waals surface area contributed by atoms with Crippen molar-refractivity contribution in [3.63, 3.8) is 0 Å². The first-order chi connectivity index (χ1) is 13.5. The first-order valence-corrected chi connectivity index (χ1v) is 11.0. The van der Waals surface area contributed by atoms with Crippen LogP contribution in [0.1, 0.15) is 36.9 Å². The fraction of sp³-hybridized carbons (Fsp3) is 0.706. The van der Waals surface area contributed by atoms with Gasteiger partial charge in [-0.25, -0.2) is 23.2 Å². The second-order valence-corrected chi connectivity index (χ2v) is 9.91. The van der Waals surface area contributed by atoms with Gasteiger partial charge in [-0.15, -0.1) is 0 Å². The molecule has 8 nitrogen and oxygen atoms in total. The number of nitrogens with one attached hydrogen (secondary N) is 1. The second kappa shape index (κ2) is 8.05. The van der Waals surface area contributed by atoms with E-state index in [-0.39, 0.29) is 16.9 Å². The summed E-state index contributed by atoms with van der Waals surface area (Å²) >= 11 is 0. The van der Waals surface area contributed by atoms with Crippen LogP contribution in [0.3, 0.4) is 0 Å². The molecule has 0 aliphatic carbocycles. The highest BCUT2D eigenvalue weighted by Gasteiger charge is 2.44. The predicted octanol–water partition coefficient (Wildman–Crippen LogP) is 1.33. The molecule has 2 saturated heterocycles. The molecule has 2 N–H and O–H groups in total. The zero-order valence-corrected chi connectivity index (χ0v) is 16.6. The topological polar surface area (TPSA) is 112 Å². The molecular weight excluding hydrogens is 413 g/mol. The summed E-state index contributed by atoms with van der Waals surface area (Å²) in [6.45, 7) is 5.49. The van der Waals surface area contributed by atoms with E-state index in [0.29, 0.717) is 19.0 Å². The standard InChI is InChI=1S/C15H22N4O2S.C2HF3O2/c1-10-3-2-4-19(8-10)15-17-5-11-9-22(20,21)13-7-16-6-12(13)14(11)18-15;3-2(4,5)1(6)7/h5,10,12-13,16H,2-4,6-9H2,1H3;(H,6,7)/t10?,12-,13+;/m0./s1. The summed E-state index contributed by atoms with van der Waals surface area (Å²) in [4.78, 5) is 20.4. The maximum atomic E-state index is 12.3.